The minimum atomic E-state index is -0.613. The summed E-state index contributed by atoms with van der Waals surface area (Å²) in [6, 6.07) is 19.3. The lowest BCUT2D eigenvalue weighted by Gasteiger charge is -2.09. The van der Waals surface area contributed by atoms with E-state index in [9.17, 15) is 9.59 Å². The van der Waals surface area contributed by atoms with Gasteiger partial charge in [0.15, 0.2) is 12.4 Å². The molecule has 0 N–H and O–H groups in total. The van der Waals surface area contributed by atoms with Crippen LogP contribution in [0, 0.1) is 0 Å². The van der Waals surface area contributed by atoms with E-state index < -0.39 is 5.97 Å². The molecule has 0 atom stereocenters. The molecule has 0 unspecified atom stereocenters. The Morgan fingerprint density at radius 3 is 2.58 bits per heavy atom. The van der Waals surface area contributed by atoms with E-state index in [0.29, 0.717) is 17.0 Å². The third-order valence-corrected chi connectivity index (χ3v) is 4.66. The molecular weight excluding hydrogens is 394 g/mol. The molecule has 2 aromatic heterocycles. The minimum absolute atomic E-state index is 0.290. The fourth-order valence-corrected chi connectivity index (χ4v) is 2.98. The number of esters is 1. The van der Waals surface area contributed by atoms with E-state index >= 15 is 0 Å². The van der Waals surface area contributed by atoms with E-state index in [1.165, 1.54) is 11.0 Å². The van der Waals surface area contributed by atoms with Gasteiger partial charge in [-0.15, -0.1) is 0 Å². The molecular formula is C24H21N3O4. The van der Waals surface area contributed by atoms with E-state index in [4.69, 9.17) is 9.15 Å². The lowest BCUT2D eigenvalue weighted by molar-refractivity contribution is -0.146. The number of rotatable bonds is 6. The molecule has 0 bridgehead atoms. The number of likely N-dealkylation sites (N-methyl/N-ethyl adjacent to an activating group) is 1. The van der Waals surface area contributed by atoms with Crippen molar-refractivity contribution in [3.63, 3.8) is 0 Å². The number of para-hydroxylation sites is 2. The summed E-state index contributed by atoms with van der Waals surface area (Å²) in [5, 5.41) is 5.64. The predicted octanol–water partition coefficient (Wildman–Crippen LogP) is 3.93. The van der Waals surface area contributed by atoms with Gasteiger partial charge < -0.3 is 14.1 Å². The van der Waals surface area contributed by atoms with Gasteiger partial charge in [0, 0.05) is 37.3 Å². The third-order valence-electron chi connectivity index (χ3n) is 4.66. The zero-order valence-corrected chi connectivity index (χ0v) is 17.2. The van der Waals surface area contributed by atoms with E-state index in [1.807, 2.05) is 66.9 Å². The summed E-state index contributed by atoms with van der Waals surface area (Å²) in [4.78, 5) is 25.0. The number of nitrogens with zero attached hydrogens (tertiary/aromatic N) is 3. The number of carbonyl (C=O) groups excluding carboxylic acids is 2. The molecule has 4 aromatic rings. The molecule has 4 rings (SSSR count). The summed E-state index contributed by atoms with van der Waals surface area (Å²) >= 11 is 0. The molecule has 0 aliphatic heterocycles. The number of furan rings is 1. The fraction of sp³-hybridized carbons (Fsp3) is 0.125. The Kier molecular flexibility index (Phi) is 5.66. The second-order valence-electron chi connectivity index (χ2n) is 7.09. The van der Waals surface area contributed by atoms with Crippen LogP contribution in [-0.4, -0.2) is 47.3 Å². The summed E-state index contributed by atoms with van der Waals surface area (Å²) in [5.41, 5.74) is 2.90. The molecule has 2 aromatic carbocycles. The quantitative estimate of drug-likeness (QED) is 0.352. The van der Waals surface area contributed by atoms with Gasteiger partial charge in [0.05, 0.1) is 5.69 Å². The second kappa shape index (κ2) is 8.71. The largest absolute Gasteiger partial charge is 0.454 e. The van der Waals surface area contributed by atoms with Crippen LogP contribution >= 0.6 is 0 Å². The van der Waals surface area contributed by atoms with E-state index in [0.717, 1.165) is 16.7 Å². The maximum Gasteiger partial charge on any atom is 0.331 e. The highest BCUT2D eigenvalue weighted by Crippen LogP contribution is 2.30. The minimum Gasteiger partial charge on any atom is -0.454 e. The Balaban J connectivity index is 1.66. The highest BCUT2D eigenvalue weighted by Gasteiger charge is 2.15. The lowest BCUT2D eigenvalue weighted by Crippen LogP contribution is -2.27. The molecule has 0 saturated carbocycles. The van der Waals surface area contributed by atoms with Crippen molar-refractivity contribution in [1.29, 1.82) is 0 Å². The topological polar surface area (TPSA) is 77.6 Å². The van der Waals surface area contributed by atoms with Gasteiger partial charge in [-0.25, -0.2) is 9.48 Å². The van der Waals surface area contributed by atoms with Crippen molar-refractivity contribution in [2.24, 2.45) is 0 Å². The molecule has 0 aliphatic carbocycles. The third kappa shape index (κ3) is 4.56. The average molecular weight is 415 g/mol. The van der Waals surface area contributed by atoms with Crippen molar-refractivity contribution in [2.75, 3.05) is 20.7 Å². The second-order valence-corrected chi connectivity index (χ2v) is 7.09. The fourth-order valence-electron chi connectivity index (χ4n) is 2.98. The van der Waals surface area contributed by atoms with Crippen LogP contribution in [0.3, 0.4) is 0 Å². The van der Waals surface area contributed by atoms with Gasteiger partial charge in [-0.2, -0.15) is 5.10 Å². The van der Waals surface area contributed by atoms with Crippen molar-refractivity contribution in [3.05, 3.63) is 78.5 Å². The molecule has 0 fully saturated rings. The number of aromatic nitrogens is 2. The smallest absolute Gasteiger partial charge is 0.331 e. The molecule has 2 heterocycles. The maximum atomic E-state index is 12.1. The van der Waals surface area contributed by atoms with Gasteiger partial charge in [-0.1, -0.05) is 36.4 Å². The summed E-state index contributed by atoms with van der Waals surface area (Å²) in [6.07, 6.45) is 4.70. The van der Waals surface area contributed by atoms with Crippen LogP contribution in [0.4, 0.5) is 0 Å². The standard InChI is InChI=1S/C24H21N3O4/c1-26(2)22(28)16-30-23(29)13-12-18-15-27(19-9-4-3-5-10-19)25-24(18)21-14-17-8-6-7-11-20(17)31-21/h3-15H,16H2,1-2H3. The SMILES string of the molecule is CN(C)C(=O)COC(=O)C=Cc1cn(-c2ccccc2)nc1-c1cc2ccccc2o1. The number of hydrogen-bond acceptors (Lipinski definition) is 5. The molecule has 0 spiro atoms. The van der Waals surface area contributed by atoms with E-state index in [2.05, 4.69) is 5.10 Å². The van der Waals surface area contributed by atoms with Gasteiger partial charge in [0.1, 0.15) is 11.3 Å². The molecule has 1 amide bonds. The molecule has 31 heavy (non-hydrogen) atoms. The zero-order valence-electron chi connectivity index (χ0n) is 17.2. The zero-order chi connectivity index (χ0) is 21.8. The highest BCUT2D eigenvalue weighted by molar-refractivity contribution is 5.91. The first-order valence-corrected chi connectivity index (χ1v) is 9.70. The highest BCUT2D eigenvalue weighted by atomic mass is 16.5. The first kappa shape index (κ1) is 20.2. The first-order valence-electron chi connectivity index (χ1n) is 9.70. The molecule has 7 nitrogen and oxygen atoms in total. The Labute approximate surface area is 179 Å². The van der Waals surface area contributed by atoms with Crippen LogP contribution in [0.5, 0.6) is 0 Å². The number of amides is 1. The summed E-state index contributed by atoms with van der Waals surface area (Å²) in [7, 11) is 3.20. The lowest BCUT2D eigenvalue weighted by atomic mass is 10.2. The van der Waals surface area contributed by atoms with Gasteiger partial charge in [0.25, 0.3) is 5.91 Å². The molecule has 156 valence electrons. The van der Waals surface area contributed by atoms with Crippen LogP contribution in [0.2, 0.25) is 0 Å². The molecule has 0 radical (unpaired) electrons. The maximum absolute atomic E-state index is 12.1. The monoisotopic (exact) mass is 415 g/mol. The van der Waals surface area contributed by atoms with Crippen LogP contribution < -0.4 is 0 Å². The molecule has 7 heteroatoms. The van der Waals surface area contributed by atoms with Gasteiger partial charge in [0.2, 0.25) is 0 Å². The van der Waals surface area contributed by atoms with Gasteiger partial charge >= 0.3 is 5.97 Å². The average Bonchev–Trinajstić information content (AvgIpc) is 3.40. The van der Waals surface area contributed by atoms with E-state index in [1.54, 1.807) is 24.9 Å². The number of benzene rings is 2. The Morgan fingerprint density at radius 2 is 1.84 bits per heavy atom. The Hall–Kier alpha value is -4.13. The number of carbonyl (C=O) groups is 2. The van der Waals surface area contributed by atoms with Crippen molar-refractivity contribution in [3.8, 4) is 17.1 Å². The predicted molar refractivity (Wildman–Crippen MR) is 117 cm³/mol. The Morgan fingerprint density at radius 1 is 1.10 bits per heavy atom. The summed E-state index contributed by atoms with van der Waals surface area (Å²) < 4.78 is 12.7. The van der Waals surface area contributed by atoms with Crippen molar-refractivity contribution >= 4 is 28.9 Å². The van der Waals surface area contributed by atoms with Crippen LogP contribution in [0.25, 0.3) is 34.2 Å². The van der Waals surface area contributed by atoms with Crippen molar-refractivity contribution in [2.45, 2.75) is 0 Å². The normalized spacial score (nSPS) is 11.2. The molecule has 0 aliphatic rings. The van der Waals surface area contributed by atoms with E-state index in [-0.39, 0.29) is 12.5 Å². The number of ether oxygens (including phenoxy) is 1. The number of fused-ring (bicyclic) bond motifs is 1. The van der Waals surface area contributed by atoms with Crippen molar-refractivity contribution < 1.29 is 18.7 Å². The van der Waals surface area contributed by atoms with Crippen molar-refractivity contribution in [1.82, 2.24) is 14.7 Å². The van der Waals surface area contributed by atoms with Crippen LogP contribution in [0.15, 0.2) is 77.4 Å². The van der Waals surface area contributed by atoms with Gasteiger partial charge in [-0.05, 0) is 30.3 Å². The summed E-state index contributed by atoms with van der Waals surface area (Å²) in [6.45, 7) is -0.310. The van der Waals surface area contributed by atoms with Crippen LogP contribution in [-0.2, 0) is 14.3 Å². The Bertz CT molecular complexity index is 1220. The number of hydrogen-bond donors (Lipinski definition) is 0. The molecule has 0 saturated heterocycles. The summed E-state index contributed by atoms with van der Waals surface area (Å²) in [5.74, 6) is -0.313. The first-order chi connectivity index (χ1) is 15.0. The van der Waals surface area contributed by atoms with Gasteiger partial charge in [-0.3, -0.25) is 4.79 Å². The van der Waals surface area contributed by atoms with Crippen LogP contribution in [0.1, 0.15) is 5.56 Å².